The van der Waals surface area contributed by atoms with Gasteiger partial charge in [-0.15, -0.1) is 0 Å². The van der Waals surface area contributed by atoms with Crippen molar-refractivity contribution < 1.29 is 9.53 Å². The lowest BCUT2D eigenvalue weighted by Gasteiger charge is -2.30. The van der Waals surface area contributed by atoms with Crippen LogP contribution in [-0.4, -0.2) is 60.0 Å². The molecule has 2 aromatic rings. The molecule has 4 rings (SSSR count). The lowest BCUT2D eigenvalue weighted by Crippen LogP contribution is -2.43. The molecule has 1 aromatic heterocycles. The van der Waals surface area contributed by atoms with E-state index in [4.69, 9.17) is 10.5 Å². The number of fused-ring (bicyclic) bond motifs is 1. The number of carbonyl (C=O) groups is 1. The molecule has 2 fully saturated rings. The van der Waals surface area contributed by atoms with Crippen molar-refractivity contribution in [2.75, 3.05) is 27.2 Å². The number of benzene rings is 1. The number of nitrogens with zero attached hydrogens (tertiary/aromatic N) is 3. The van der Waals surface area contributed by atoms with Gasteiger partial charge in [-0.25, -0.2) is 0 Å². The van der Waals surface area contributed by atoms with E-state index < -0.39 is 0 Å². The van der Waals surface area contributed by atoms with Gasteiger partial charge in [0.2, 0.25) is 5.91 Å². The summed E-state index contributed by atoms with van der Waals surface area (Å²) in [5.74, 6) is 1.77. The normalized spacial score (nSPS) is 22.2. The van der Waals surface area contributed by atoms with Gasteiger partial charge in [0.05, 0.1) is 7.11 Å². The summed E-state index contributed by atoms with van der Waals surface area (Å²) in [4.78, 5) is 21.9. The molecule has 1 amide bonds. The summed E-state index contributed by atoms with van der Waals surface area (Å²) in [7, 11) is 3.55. The molecular formula is C23H32N4O2. The minimum absolute atomic E-state index is 0.196. The van der Waals surface area contributed by atoms with E-state index in [0.717, 1.165) is 47.5 Å². The molecule has 2 N–H and O–H groups in total. The first-order chi connectivity index (χ1) is 14.1. The maximum Gasteiger partial charge on any atom is 0.224 e. The maximum atomic E-state index is 13.0. The lowest BCUT2D eigenvalue weighted by atomic mass is 10.1. The molecular weight excluding hydrogens is 364 g/mol. The van der Waals surface area contributed by atoms with Gasteiger partial charge in [-0.1, -0.05) is 12.1 Å². The molecule has 6 heteroatoms. The standard InChI is InChI=1S/C23H32N4O2/c1-26(15-17-7-10-21(29-2)23-20(17)4-3-11-25-23)22(28)12-18-8-9-19(13-24)27(18)14-16-5-6-16/h3-4,7,10-11,16,18-19H,5-6,8-9,12-15,24H2,1-2H3/t18-,19+/m0/s1. The van der Waals surface area contributed by atoms with Crippen LogP contribution < -0.4 is 10.5 Å². The lowest BCUT2D eigenvalue weighted by molar-refractivity contribution is -0.131. The molecule has 2 atom stereocenters. The van der Waals surface area contributed by atoms with E-state index in [1.54, 1.807) is 13.3 Å². The van der Waals surface area contributed by atoms with Crippen LogP contribution in [0.3, 0.4) is 0 Å². The molecule has 0 radical (unpaired) electrons. The number of rotatable bonds is 8. The first kappa shape index (κ1) is 20.1. The molecule has 1 saturated carbocycles. The number of nitrogens with two attached hydrogens (primary N) is 1. The largest absolute Gasteiger partial charge is 0.494 e. The molecule has 0 spiro atoms. The van der Waals surface area contributed by atoms with E-state index in [1.807, 2.05) is 36.2 Å². The molecule has 29 heavy (non-hydrogen) atoms. The van der Waals surface area contributed by atoms with Gasteiger partial charge in [0.1, 0.15) is 11.3 Å². The maximum absolute atomic E-state index is 13.0. The molecule has 1 aliphatic heterocycles. The van der Waals surface area contributed by atoms with Crippen LogP contribution in [-0.2, 0) is 11.3 Å². The Bertz CT molecular complexity index is 867. The number of ether oxygens (including phenoxy) is 1. The summed E-state index contributed by atoms with van der Waals surface area (Å²) in [6.45, 7) is 2.37. The number of hydrogen-bond donors (Lipinski definition) is 1. The number of methoxy groups -OCH3 is 1. The first-order valence-electron chi connectivity index (χ1n) is 10.7. The Morgan fingerprint density at radius 1 is 1.24 bits per heavy atom. The number of amides is 1. The van der Waals surface area contributed by atoms with Gasteiger partial charge in [-0.2, -0.15) is 0 Å². The predicted octanol–water partition coefficient (Wildman–Crippen LogP) is 2.79. The average Bonchev–Trinajstić information content (AvgIpc) is 3.48. The van der Waals surface area contributed by atoms with Gasteiger partial charge in [0, 0.05) is 56.8 Å². The summed E-state index contributed by atoms with van der Waals surface area (Å²) < 4.78 is 5.43. The van der Waals surface area contributed by atoms with Gasteiger partial charge in [-0.05, 0) is 49.3 Å². The zero-order valence-electron chi connectivity index (χ0n) is 17.5. The monoisotopic (exact) mass is 396 g/mol. The van der Waals surface area contributed by atoms with Crippen LogP contribution in [0.4, 0.5) is 0 Å². The zero-order chi connectivity index (χ0) is 20.4. The van der Waals surface area contributed by atoms with Gasteiger partial charge >= 0.3 is 0 Å². The highest BCUT2D eigenvalue weighted by molar-refractivity contribution is 5.88. The van der Waals surface area contributed by atoms with Gasteiger partial charge in [0.25, 0.3) is 0 Å². The van der Waals surface area contributed by atoms with Crippen LogP contribution >= 0.6 is 0 Å². The Kier molecular flexibility index (Phi) is 6.01. The van der Waals surface area contributed by atoms with Crippen molar-refractivity contribution in [2.45, 2.75) is 50.7 Å². The van der Waals surface area contributed by atoms with E-state index in [2.05, 4.69) is 9.88 Å². The highest BCUT2D eigenvalue weighted by Gasteiger charge is 2.37. The third-order valence-electron chi connectivity index (χ3n) is 6.50. The fourth-order valence-corrected chi connectivity index (χ4v) is 4.59. The van der Waals surface area contributed by atoms with Gasteiger partial charge in [0.15, 0.2) is 0 Å². The van der Waals surface area contributed by atoms with Crippen molar-refractivity contribution in [1.82, 2.24) is 14.8 Å². The fraction of sp³-hybridized carbons (Fsp3) is 0.565. The van der Waals surface area contributed by atoms with Crippen LogP contribution in [0.1, 0.15) is 37.7 Å². The molecule has 156 valence electrons. The molecule has 1 aromatic carbocycles. The van der Waals surface area contributed by atoms with Crippen LogP contribution in [0.5, 0.6) is 5.75 Å². The average molecular weight is 397 g/mol. The van der Waals surface area contributed by atoms with Crippen LogP contribution in [0.15, 0.2) is 30.5 Å². The summed E-state index contributed by atoms with van der Waals surface area (Å²) in [6, 6.07) is 8.70. The Balaban J connectivity index is 1.44. The third-order valence-corrected chi connectivity index (χ3v) is 6.50. The number of aromatic nitrogens is 1. The van der Waals surface area contributed by atoms with E-state index in [-0.39, 0.29) is 5.91 Å². The topological polar surface area (TPSA) is 71.7 Å². The highest BCUT2D eigenvalue weighted by Crippen LogP contribution is 2.35. The molecule has 2 aliphatic rings. The van der Waals surface area contributed by atoms with Gasteiger partial charge in [-0.3, -0.25) is 14.7 Å². The zero-order valence-corrected chi connectivity index (χ0v) is 17.5. The molecule has 2 heterocycles. The summed E-state index contributed by atoms with van der Waals surface area (Å²) >= 11 is 0. The SMILES string of the molecule is COc1ccc(CN(C)C(=O)C[C@@H]2CC[C@H](CN)N2CC2CC2)c2cccnc12. The summed E-state index contributed by atoms with van der Waals surface area (Å²) in [6.07, 6.45) is 7.18. The van der Waals surface area contributed by atoms with E-state index >= 15 is 0 Å². The molecule has 6 nitrogen and oxygen atoms in total. The smallest absolute Gasteiger partial charge is 0.224 e. The Hall–Kier alpha value is -2.18. The van der Waals surface area contributed by atoms with Crippen LogP contribution in [0.25, 0.3) is 10.9 Å². The first-order valence-corrected chi connectivity index (χ1v) is 10.7. The van der Waals surface area contributed by atoms with E-state index in [1.165, 1.54) is 12.8 Å². The van der Waals surface area contributed by atoms with Crippen molar-refractivity contribution in [3.63, 3.8) is 0 Å². The van der Waals surface area contributed by atoms with Crippen LogP contribution in [0.2, 0.25) is 0 Å². The molecule has 0 unspecified atom stereocenters. The minimum atomic E-state index is 0.196. The predicted molar refractivity (Wildman–Crippen MR) is 115 cm³/mol. The number of hydrogen-bond acceptors (Lipinski definition) is 5. The molecule has 1 saturated heterocycles. The third kappa shape index (κ3) is 4.38. The number of likely N-dealkylation sites (tertiary alicyclic amines) is 1. The second-order valence-electron chi connectivity index (χ2n) is 8.54. The van der Waals surface area contributed by atoms with Crippen molar-refractivity contribution in [3.05, 3.63) is 36.0 Å². The van der Waals surface area contributed by atoms with Crippen molar-refractivity contribution >= 4 is 16.8 Å². The highest BCUT2D eigenvalue weighted by atomic mass is 16.5. The Labute approximate surface area is 173 Å². The fourth-order valence-electron chi connectivity index (χ4n) is 4.59. The molecule has 0 bridgehead atoms. The van der Waals surface area contributed by atoms with Crippen LogP contribution in [0, 0.1) is 5.92 Å². The summed E-state index contributed by atoms with van der Waals surface area (Å²) in [5, 5.41) is 1.03. The minimum Gasteiger partial charge on any atom is -0.494 e. The number of pyridine rings is 1. The summed E-state index contributed by atoms with van der Waals surface area (Å²) in [5.41, 5.74) is 7.93. The van der Waals surface area contributed by atoms with E-state index in [9.17, 15) is 4.79 Å². The number of carbonyl (C=O) groups excluding carboxylic acids is 1. The second-order valence-corrected chi connectivity index (χ2v) is 8.54. The van der Waals surface area contributed by atoms with E-state index in [0.29, 0.717) is 31.6 Å². The Morgan fingerprint density at radius 2 is 2.03 bits per heavy atom. The van der Waals surface area contributed by atoms with Crippen molar-refractivity contribution in [1.29, 1.82) is 0 Å². The van der Waals surface area contributed by atoms with Crippen molar-refractivity contribution in [2.24, 2.45) is 11.7 Å². The van der Waals surface area contributed by atoms with Crippen molar-refractivity contribution in [3.8, 4) is 5.75 Å². The second kappa shape index (κ2) is 8.67. The molecule has 1 aliphatic carbocycles. The Morgan fingerprint density at radius 3 is 2.76 bits per heavy atom. The van der Waals surface area contributed by atoms with Gasteiger partial charge < -0.3 is 15.4 Å². The quantitative estimate of drug-likeness (QED) is 0.743.